The molecule has 4 amide bonds. The van der Waals surface area contributed by atoms with Gasteiger partial charge >= 0.3 is 0 Å². The largest absolute Gasteiger partial charge is 0.295 e. The van der Waals surface area contributed by atoms with Crippen molar-refractivity contribution in [1.29, 1.82) is 0 Å². The molecule has 154 valence electrons. The number of rotatable bonds is 4. The van der Waals surface area contributed by atoms with E-state index in [1.807, 2.05) is 48.6 Å². The van der Waals surface area contributed by atoms with Gasteiger partial charge in [-0.1, -0.05) is 48.6 Å². The van der Waals surface area contributed by atoms with Crippen LogP contribution in [-0.2, 0) is 32.0 Å². The summed E-state index contributed by atoms with van der Waals surface area (Å²) in [5, 5.41) is 5.02. The van der Waals surface area contributed by atoms with E-state index in [4.69, 9.17) is 0 Å². The molecule has 2 aliphatic heterocycles. The van der Waals surface area contributed by atoms with Gasteiger partial charge in [0.25, 0.3) is 0 Å². The number of hydrogen-bond acceptors (Lipinski definition) is 4. The normalized spacial score (nSPS) is 34.5. The maximum atomic E-state index is 12.7. The van der Waals surface area contributed by atoms with Crippen LogP contribution >= 0.6 is 0 Å². The number of imide groups is 2. The predicted octanol–water partition coefficient (Wildman–Crippen LogP) is 1.99. The maximum Gasteiger partial charge on any atom is 0.237 e. The Kier molecular flexibility index (Phi) is 4.27. The van der Waals surface area contributed by atoms with Crippen molar-refractivity contribution in [2.75, 3.05) is 0 Å². The smallest absolute Gasteiger partial charge is 0.237 e. The number of benzene rings is 1. The summed E-state index contributed by atoms with van der Waals surface area (Å²) in [5.41, 5.74) is 0.234. The van der Waals surface area contributed by atoms with Gasteiger partial charge in [-0.2, -0.15) is 0 Å². The topological polar surface area (TPSA) is 92.3 Å². The Bertz CT molecular complexity index is 949. The first-order chi connectivity index (χ1) is 14.4. The van der Waals surface area contributed by atoms with E-state index in [1.54, 1.807) is 0 Å². The third-order valence-corrected chi connectivity index (χ3v) is 7.25. The molecule has 0 spiro atoms. The molecule has 2 fully saturated rings. The zero-order valence-electron chi connectivity index (χ0n) is 16.6. The van der Waals surface area contributed by atoms with E-state index in [9.17, 15) is 19.2 Å². The molecule has 0 bridgehead atoms. The third kappa shape index (κ3) is 2.70. The van der Waals surface area contributed by atoms with Crippen LogP contribution in [0.4, 0.5) is 0 Å². The molecule has 2 N–H and O–H groups in total. The molecular weight excluding hydrogens is 380 g/mol. The maximum absolute atomic E-state index is 12.7. The monoisotopic (exact) mass is 404 g/mol. The van der Waals surface area contributed by atoms with Crippen LogP contribution in [0.5, 0.6) is 0 Å². The molecule has 4 unspecified atom stereocenters. The van der Waals surface area contributed by atoms with Crippen LogP contribution in [0, 0.1) is 22.7 Å². The van der Waals surface area contributed by atoms with Gasteiger partial charge < -0.3 is 0 Å². The Morgan fingerprint density at radius 1 is 0.767 bits per heavy atom. The van der Waals surface area contributed by atoms with Crippen LogP contribution in [0.3, 0.4) is 0 Å². The van der Waals surface area contributed by atoms with Crippen LogP contribution in [-0.4, -0.2) is 23.6 Å². The fraction of sp³-hybridized carbons (Fsp3) is 0.417. The van der Waals surface area contributed by atoms with Gasteiger partial charge in [0.15, 0.2) is 0 Å². The van der Waals surface area contributed by atoms with E-state index in [2.05, 4.69) is 10.6 Å². The fourth-order valence-electron chi connectivity index (χ4n) is 5.74. The molecule has 6 heteroatoms. The summed E-state index contributed by atoms with van der Waals surface area (Å²) in [6.07, 6.45) is 11.6. The van der Waals surface area contributed by atoms with Gasteiger partial charge in [-0.25, -0.2) is 0 Å². The molecule has 5 rings (SSSR count). The predicted molar refractivity (Wildman–Crippen MR) is 109 cm³/mol. The SMILES string of the molecule is O=C1NC(=O)C2(Cc3cccc(CC45C=CCCC4C(=O)NC5=O)c3)C=CCCC12. The molecule has 0 aromatic heterocycles. The molecular formula is C24H24N2O4. The van der Waals surface area contributed by atoms with Gasteiger partial charge in [-0.3, -0.25) is 29.8 Å². The number of hydrogen-bond donors (Lipinski definition) is 2. The van der Waals surface area contributed by atoms with Crippen LogP contribution in [0.2, 0.25) is 0 Å². The van der Waals surface area contributed by atoms with Crippen molar-refractivity contribution in [3.63, 3.8) is 0 Å². The first-order valence-electron chi connectivity index (χ1n) is 10.6. The average Bonchev–Trinajstić information content (AvgIpc) is 3.12. The first kappa shape index (κ1) is 19.0. The standard InChI is InChI=1S/C24H24N2O4/c27-19-17-8-1-3-10-23(17,21(29)25-19)13-15-6-5-7-16(12-15)14-24-11-4-2-9-18(24)20(28)26-22(24)30/h3-7,10-12,17-18H,1-2,8-9,13-14H2,(H,25,27,29)(H,26,28,30). The lowest BCUT2D eigenvalue weighted by molar-refractivity contribution is -0.128. The Morgan fingerprint density at radius 2 is 1.23 bits per heavy atom. The lowest BCUT2D eigenvalue weighted by Gasteiger charge is -2.32. The van der Waals surface area contributed by atoms with E-state index < -0.39 is 10.8 Å². The second-order valence-corrected chi connectivity index (χ2v) is 8.96. The lowest BCUT2D eigenvalue weighted by atomic mass is 9.67. The Balaban J connectivity index is 1.45. The van der Waals surface area contributed by atoms with Gasteiger partial charge in [-0.05, 0) is 49.7 Å². The molecule has 4 atom stereocenters. The summed E-state index contributed by atoms with van der Waals surface area (Å²) in [5.74, 6) is -1.49. The highest BCUT2D eigenvalue weighted by Gasteiger charge is 2.55. The van der Waals surface area contributed by atoms with Crippen molar-refractivity contribution in [2.45, 2.75) is 38.5 Å². The van der Waals surface area contributed by atoms with Crippen molar-refractivity contribution in [3.05, 3.63) is 59.7 Å². The van der Waals surface area contributed by atoms with Crippen LogP contribution in [0.25, 0.3) is 0 Å². The summed E-state index contributed by atoms with van der Waals surface area (Å²) in [7, 11) is 0. The molecule has 4 aliphatic rings. The molecule has 2 aliphatic carbocycles. The van der Waals surface area contributed by atoms with Crippen molar-refractivity contribution in [3.8, 4) is 0 Å². The van der Waals surface area contributed by atoms with Crippen LogP contribution < -0.4 is 10.6 Å². The summed E-state index contributed by atoms with van der Waals surface area (Å²) < 4.78 is 0. The van der Waals surface area contributed by atoms with Gasteiger partial charge in [0.1, 0.15) is 0 Å². The molecule has 2 saturated heterocycles. The highest BCUT2D eigenvalue weighted by Crippen LogP contribution is 2.45. The van der Waals surface area contributed by atoms with Crippen LogP contribution in [0.15, 0.2) is 48.6 Å². The quantitative estimate of drug-likeness (QED) is 0.593. The van der Waals surface area contributed by atoms with Crippen molar-refractivity contribution in [1.82, 2.24) is 10.6 Å². The molecule has 1 aromatic carbocycles. The van der Waals surface area contributed by atoms with E-state index in [0.29, 0.717) is 25.7 Å². The minimum atomic E-state index is -0.833. The second kappa shape index (κ2) is 6.76. The number of fused-ring (bicyclic) bond motifs is 2. The summed E-state index contributed by atoms with van der Waals surface area (Å²) >= 11 is 0. The molecule has 0 radical (unpaired) electrons. The van der Waals surface area contributed by atoms with E-state index in [1.165, 1.54) is 0 Å². The molecule has 30 heavy (non-hydrogen) atoms. The van der Waals surface area contributed by atoms with Gasteiger partial charge in [0.05, 0.1) is 22.7 Å². The number of carbonyl (C=O) groups is 4. The molecule has 1 aromatic rings. The summed E-state index contributed by atoms with van der Waals surface area (Å²) in [4.78, 5) is 50.0. The Hall–Kier alpha value is -3.02. The third-order valence-electron chi connectivity index (χ3n) is 7.25. The zero-order chi connectivity index (χ0) is 20.9. The second-order valence-electron chi connectivity index (χ2n) is 8.96. The van der Waals surface area contributed by atoms with Crippen LogP contribution in [0.1, 0.15) is 36.8 Å². The number of nitrogens with one attached hydrogen (secondary N) is 2. The number of allylic oxidation sites excluding steroid dienone is 2. The summed E-state index contributed by atoms with van der Waals surface area (Å²) in [6, 6.07) is 7.85. The Labute approximate surface area is 174 Å². The lowest BCUT2D eigenvalue weighted by Crippen LogP contribution is -2.37. The van der Waals surface area contributed by atoms with Crippen molar-refractivity contribution in [2.24, 2.45) is 22.7 Å². The highest BCUT2D eigenvalue weighted by atomic mass is 16.2. The Morgan fingerprint density at radius 3 is 1.70 bits per heavy atom. The first-order valence-corrected chi connectivity index (χ1v) is 10.6. The van der Waals surface area contributed by atoms with Crippen molar-refractivity contribution >= 4 is 23.6 Å². The molecule has 0 saturated carbocycles. The molecule has 2 heterocycles. The number of carbonyl (C=O) groups excluding carboxylic acids is 4. The van der Waals surface area contributed by atoms with Crippen molar-refractivity contribution < 1.29 is 19.2 Å². The van der Waals surface area contributed by atoms with Gasteiger partial charge in [0, 0.05) is 0 Å². The molecule has 6 nitrogen and oxygen atoms in total. The van der Waals surface area contributed by atoms with Gasteiger partial charge in [-0.15, -0.1) is 0 Å². The van der Waals surface area contributed by atoms with Gasteiger partial charge in [0.2, 0.25) is 23.6 Å². The minimum Gasteiger partial charge on any atom is -0.295 e. The van der Waals surface area contributed by atoms with E-state index >= 15 is 0 Å². The summed E-state index contributed by atoms with van der Waals surface area (Å²) in [6.45, 7) is 0. The number of amides is 4. The van der Waals surface area contributed by atoms with E-state index in [-0.39, 0.29) is 35.5 Å². The van der Waals surface area contributed by atoms with E-state index in [0.717, 1.165) is 24.0 Å². The highest BCUT2D eigenvalue weighted by molar-refractivity contribution is 6.09. The minimum absolute atomic E-state index is 0.185. The fourth-order valence-corrected chi connectivity index (χ4v) is 5.74. The average molecular weight is 404 g/mol. The zero-order valence-corrected chi connectivity index (χ0v) is 16.6.